The first-order valence-corrected chi connectivity index (χ1v) is 7.46. The van der Waals surface area contributed by atoms with Gasteiger partial charge in [0.05, 0.1) is 4.47 Å². The number of carbonyl (C=O) groups is 1. The van der Waals surface area contributed by atoms with E-state index in [1.54, 1.807) is 18.2 Å². The Morgan fingerprint density at radius 3 is 2.38 bits per heavy atom. The monoisotopic (exact) mass is 339 g/mol. The summed E-state index contributed by atoms with van der Waals surface area (Å²) in [5.41, 5.74) is 8.89. The van der Waals surface area contributed by atoms with Gasteiger partial charge < -0.3 is 5.73 Å². The van der Waals surface area contributed by atoms with Crippen LogP contribution in [0.1, 0.15) is 21.5 Å². The quantitative estimate of drug-likeness (QED) is 0.542. The summed E-state index contributed by atoms with van der Waals surface area (Å²) in [6.45, 7) is 2.05. The molecule has 2 N–H and O–H groups in total. The molecule has 0 aromatic heterocycles. The summed E-state index contributed by atoms with van der Waals surface area (Å²) in [6.07, 6.45) is 0. The molecule has 0 aliphatic rings. The van der Waals surface area contributed by atoms with Gasteiger partial charge in [-0.2, -0.15) is 0 Å². The minimum Gasteiger partial charge on any atom is -0.398 e. The van der Waals surface area contributed by atoms with E-state index in [1.807, 2.05) is 43.3 Å². The Balaban J connectivity index is 2.23. The lowest BCUT2D eigenvalue weighted by Crippen LogP contribution is -2.05. The number of fused-ring (bicyclic) bond motifs is 1. The lowest BCUT2D eigenvalue weighted by atomic mass is 9.95. The number of rotatable bonds is 2. The summed E-state index contributed by atoms with van der Waals surface area (Å²) in [6, 6.07) is 17.2. The number of halogens is 1. The van der Waals surface area contributed by atoms with Crippen molar-refractivity contribution in [1.82, 2.24) is 0 Å². The minimum absolute atomic E-state index is 0.0228. The zero-order chi connectivity index (χ0) is 15.0. The molecule has 0 amide bonds. The molecule has 0 spiro atoms. The molecule has 0 heterocycles. The van der Waals surface area contributed by atoms with Gasteiger partial charge in [-0.15, -0.1) is 0 Å². The lowest BCUT2D eigenvalue weighted by molar-refractivity contribution is 0.103. The molecule has 0 saturated carbocycles. The highest BCUT2D eigenvalue weighted by Crippen LogP contribution is 2.29. The highest BCUT2D eigenvalue weighted by Gasteiger charge is 2.16. The number of anilines is 1. The van der Waals surface area contributed by atoms with Gasteiger partial charge in [0.25, 0.3) is 0 Å². The molecule has 21 heavy (non-hydrogen) atoms. The average Bonchev–Trinajstić information content (AvgIpc) is 2.50. The molecule has 0 saturated heterocycles. The van der Waals surface area contributed by atoms with Crippen LogP contribution in [0.2, 0.25) is 0 Å². The van der Waals surface area contributed by atoms with Crippen LogP contribution in [0.3, 0.4) is 0 Å². The molecular formula is C18H14BrNO. The topological polar surface area (TPSA) is 43.1 Å². The number of hydrogen-bond donors (Lipinski definition) is 1. The Labute approximate surface area is 131 Å². The normalized spacial score (nSPS) is 10.8. The van der Waals surface area contributed by atoms with E-state index >= 15 is 0 Å². The SMILES string of the molecule is Cc1ccc(C(=O)c2cccc(N)c2Br)c2ccccc12. The fraction of sp³-hybridized carbons (Fsp3) is 0.0556. The highest BCUT2D eigenvalue weighted by atomic mass is 79.9. The summed E-state index contributed by atoms with van der Waals surface area (Å²) in [4.78, 5) is 12.9. The van der Waals surface area contributed by atoms with Crippen LogP contribution in [0.5, 0.6) is 0 Å². The molecule has 104 valence electrons. The van der Waals surface area contributed by atoms with Crippen LogP contribution in [0.4, 0.5) is 5.69 Å². The summed E-state index contributed by atoms with van der Waals surface area (Å²) in [5, 5.41) is 2.07. The van der Waals surface area contributed by atoms with Gasteiger partial charge in [-0.25, -0.2) is 0 Å². The Kier molecular flexibility index (Phi) is 3.52. The van der Waals surface area contributed by atoms with Crippen molar-refractivity contribution >= 4 is 38.2 Å². The Hall–Kier alpha value is -2.13. The van der Waals surface area contributed by atoms with Crippen LogP contribution >= 0.6 is 15.9 Å². The Morgan fingerprint density at radius 1 is 0.905 bits per heavy atom. The number of nitrogens with two attached hydrogens (primary N) is 1. The van der Waals surface area contributed by atoms with E-state index in [0.29, 0.717) is 21.3 Å². The third-order valence-electron chi connectivity index (χ3n) is 3.66. The van der Waals surface area contributed by atoms with E-state index in [2.05, 4.69) is 15.9 Å². The number of nitrogen functional groups attached to an aromatic ring is 1. The van der Waals surface area contributed by atoms with Gasteiger partial charge in [0.15, 0.2) is 5.78 Å². The molecule has 2 nitrogen and oxygen atoms in total. The molecule has 0 atom stereocenters. The van der Waals surface area contributed by atoms with Gasteiger partial charge in [0.1, 0.15) is 0 Å². The first kappa shape index (κ1) is 13.8. The molecule has 3 aromatic rings. The van der Waals surface area contributed by atoms with Gasteiger partial charge in [0.2, 0.25) is 0 Å². The van der Waals surface area contributed by atoms with E-state index in [9.17, 15) is 4.79 Å². The average molecular weight is 340 g/mol. The number of aryl methyl sites for hydroxylation is 1. The highest BCUT2D eigenvalue weighted by molar-refractivity contribution is 9.10. The molecular weight excluding hydrogens is 326 g/mol. The summed E-state index contributed by atoms with van der Waals surface area (Å²) >= 11 is 3.41. The van der Waals surface area contributed by atoms with Gasteiger partial charge in [-0.3, -0.25) is 4.79 Å². The fourth-order valence-electron chi connectivity index (χ4n) is 2.52. The summed E-state index contributed by atoms with van der Waals surface area (Å²) in [7, 11) is 0. The van der Waals surface area contributed by atoms with E-state index in [4.69, 9.17) is 5.73 Å². The zero-order valence-corrected chi connectivity index (χ0v) is 13.1. The second kappa shape index (κ2) is 5.34. The minimum atomic E-state index is -0.0228. The maximum Gasteiger partial charge on any atom is 0.194 e. The molecule has 3 aromatic carbocycles. The first-order chi connectivity index (χ1) is 10.1. The third-order valence-corrected chi connectivity index (χ3v) is 4.54. The standard InChI is InChI=1S/C18H14BrNO/c1-11-9-10-14(13-6-3-2-5-12(11)13)18(21)15-7-4-8-16(20)17(15)19/h2-10H,20H2,1H3. The van der Waals surface area contributed by atoms with Crippen molar-refractivity contribution in [3.63, 3.8) is 0 Å². The summed E-state index contributed by atoms with van der Waals surface area (Å²) in [5.74, 6) is -0.0228. The van der Waals surface area contributed by atoms with Crippen molar-refractivity contribution in [2.75, 3.05) is 5.73 Å². The predicted molar refractivity (Wildman–Crippen MR) is 90.7 cm³/mol. The van der Waals surface area contributed by atoms with Crippen LogP contribution in [0, 0.1) is 6.92 Å². The number of hydrogen-bond acceptors (Lipinski definition) is 2. The Morgan fingerprint density at radius 2 is 1.62 bits per heavy atom. The van der Waals surface area contributed by atoms with E-state index in [0.717, 1.165) is 16.3 Å². The van der Waals surface area contributed by atoms with Crippen molar-refractivity contribution in [3.8, 4) is 0 Å². The van der Waals surface area contributed by atoms with Gasteiger partial charge in [-0.1, -0.05) is 42.5 Å². The second-order valence-electron chi connectivity index (χ2n) is 5.01. The van der Waals surface area contributed by atoms with E-state index in [-0.39, 0.29) is 5.78 Å². The molecule has 0 aliphatic heterocycles. The molecule has 0 radical (unpaired) electrons. The van der Waals surface area contributed by atoms with Crippen LogP contribution in [0.15, 0.2) is 59.1 Å². The van der Waals surface area contributed by atoms with E-state index < -0.39 is 0 Å². The van der Waals surface area contributed by atoms with Crippen molar-refractivity contribution in [1.29, 1.82) is 0 Å². The number of ketones is 1. The maximum absolute atomic E-state index is 12.9. The predicted octanol–water partition coefficient (Wildman–Crippen LogP) is 4.72. The number of carbonyl (C=O) groups excluding carboxylic acids is 1. The Bertz CT molecular complexity index is 855. The van der Waals surface area contributed by atoms with Gasteiger partial charge in [0, 0.05) is 16.8 Å². The largest absolute Gasteiger partial charge is 0.398 e. The van der Waals surface area contributed by atoms with E-state index in [1.165, 1.54) is 0 Å². The van der Waals surface area contributed by atoms with Crippen molar-refractivity contribution in [2.24, 2.45) is 0 Å². The van der Waals surface area contributed by atoms with Crippen molar-refractivity contribution in [3.05, 3.63) is 75.8 Å². The third kappa shape index (κ3) is 2.34. The van der Waals surface area contributed by atoms with Crippen LogP contribution < -0.4 is 5.73 Å². The molecule has 0 aliphatic carbocycles. The molecule has 0 unspecified atom stereocenters. The number of benzene rings is 3. The van der Waals surface area contributed by atoms with Crippen LogP contribution in [-0.4, -0.2) is 5.78 Å². The molecule has 3 heteroatoms. The lowest BCUT2D eigenvalue weighted by Gasteiger charge is -2.10. The van der Waals surface area contributed by atoms with Crippen LogP contribution in [0.25, 0.3) is 10.8 Å². The van der Waals surface area contributed by atoms with Crippen molar-refractivity contribution < 1.29 is 4.79 Å². The fourth-order valence-corrected chi connectivity index (χ4v) is 2.96. The van der Waals surface area contributed by atoms with Gasteiger partial charge in [-0.05, 0) is 51.3 Å². The van der Waals surface area contributed by atoms with Crippen LogP contribution in [-0.2, 0) is 0 Å². The zero-order valence-electron chi connectivity index (χ0n) is 11.6. The van der Waals surface area contributed by atoms with Crippen molar-refractivity contribution in [2.45, 2.75) is 6.92 Å². The summed E-state index contributed by atoms with van der Waals surface area (Å²) < 4.78 is 0.652. The molecule has 3 rings (SSSR count). The second-order valence-corrected chi connectivity index (χ2v) is 5.81. The smallest absolute Gasteiger partial charge is 0.194 e. The first-order valence-electron chi connectivity index (χ1n) is 6.66. The van der Waals surface area contributed by atoms with Gasteiger partial charge >= 0.3 is 0 Å². The maximum atomic E-state index is 12.9. The molecule has 0 bridgehead atoms. The molecule has 0 fully saturated rings.